The van der Waals surface area contributed by atoms with E-state index in [9.17, 15) is 19.3 Å². The zero-order chi connectivity index (χ0) is 19.2. The first-order valence-corrected chi connectivity index (χ1v) is 7.95. The van der Waals surface area contributed by atoms with Crippen LogP contribution in [0.25, 0.3) is 0 Å². The molecule has 6 nitrogen and oxygen atoms in total. The van der Waals surface area contributed by atoms with Gasteiger partial charge in [0, 0.05) is 12.1 Å². The molecule has 0 spiro atoms. The SMILES string of the molecule is O=C(OCc1cccc(F)c1)c1cccc(Oc2ccc([N+](=O)[O-])cc2)c1. The molecule has 0 heterocycles. The molecule has 0 atom stereocenters. The monoisotopic (exact) mass is 367 g/mol. The second-order valence-electron chi connectivity index (χ2n) is 5.59. The summed E-state index contributed by atoms with van der Waals surface area (Å²) in [6, 6.07) is 17.7. The van der Waals surface area contributed by atoms with Crippen molar-refractivity contribution in [2.75, 3.05) is 0 Å². The fraction of sp³-hybridized carbons (Fsp3) is 0.0500. The largest absolute Gasteiger partial charge is 0.457 e. The maximum Gasteiger partial charge on any atom is 0.338 e. The topological polar surface area (TPSA) is 78.7 Å². The molecular weight excluding hydrogens is 353 g/mol. The van der Waals surface area contributed by atoms with Crippen LogP contribution in [0.5, 0.6) is 11.5 Å². The van der Waals surface area contributed by atoms with Crippen LogP contribution in [0.15, 0.2) is 72.8 Å². The Morgan fingerprint density at radius 1 is 0.963 bits per heavy atom. The van der Waals surface area contributed by atoms with Crippen molar-refractivity contribution in [3.05, 3.63) is 99.9 Å². The number of carbonyl (C=O) groups excluding carboxylic acids is 1. The van der Waals surface area contributed by atoms with Gasteiger partial charge in [0.15, 0.2) is 0 Å². The summed E-state index contributed by atoms with van der Waals surface area (Å²) in [5.41, 5.74) is 0.768. The number of esters is 1. The number of non-ortho nitro benzene ring substituents is 1. The Labute approximate surface area is 153 Å². The molecule has 0 aliphatic rings. The van der Waals surface area contributed by atoms with Crippen LogP contribution in [0.3, 0.4) is 0 Å². The average molecular weight is 367 g/mol. The lowest BCUT2D eigenvalue weighted by Gasteiger charge is -2.08. The van der Waals surface area contributed by atoms with E-state index in [0.717, 1.165) is 0 Å². The zero-order valence-electron chi connectivity index (χ0n) is 14.0. The lowest BCUT2D eigenvalue weighted by molar-refractivity contribution is -0.384. The Bertz CT molecular complexity index is 972. The minimum atomic E-state index is -0.576. The van der Waals surface area contributed by atoms with Gasteiger partial charge in [-0.25, -0.2) is 9.18 Å². The van der Waals surface area contributed by atoms with Crippen LogP contribution in [0.4, 0.5) is 10.1 Å². The van der Waals surface area contributed by atoms with Gasteiger partial charge in [-0.3, -0.25) is 10.1 Å². The van der Waals surface area contributed by atoms with Crippen LogP contribution in [-0.4, -0.2) is 10.9 Å². The van der Waals surface area contributed by atoms with E-state index < -0.39 is 16.7 Å². The van der Waals surface area contributed by atoms with Crippen LogP contribution in [0.2, 0.25) is 0 Å². The summed E-state index contributed by atoms with van der Waals surface area (Å²) < 4.78 is 23.9. The smallest absolute Gasteiger partial charge is 0.338 e. The van der Waals surface area contributed by atoms with E-state index in [-0.39, 0.29) is 17.9 Å². The summed E-state index contributed by atoms with van der Waals surface area (Å²) in [6.07, 6.45) is 0. The first-order valence-electron chi connectivity index (χ1n) is 7.95. The standard InChI is InChI=1S/C20H14FNO5/c21-16-5-1-3-14(11-16)13-26-20(23)15-4-2-6-19(12-15)27-18-9-7-17(8-10-18)22(24)25/h1-12H,13H2. The molecule has 7 heteroatoms. The molecule has 0 aliphatic carbocycles. The van der Waals surface area contributed by atoms with E-state index in [1.165, 1.54) is 48.5 Å². The highest BCUT2D eigenvalue weighted by Crippen LogP contribution is 2.24. The molecule has 0 aliphatic heterocycles. The molecule has 3 aromatic rings. The fourth-order valence-electron chi connectivity index (χ4n) is 2.32. The molecule has 136 valence electrons. The molecular formula is C20H14FNO5. The normalized spacial score (nSPS) is 10.3. The molecule has 0 fully saturated rings. The van der Waals surface area contributed by atoms with Crippen molar-refractivity contribution >= 4 is 11.7 Å². The molecule has 0 N–H and O–H groups in total. The molecule has 3 aromatic carbocycles. The van der Waals surface area contributed by atoms with Crippen LogP contribution >= 0.6 is 0 Å². The van der Waals surface area contributed by atoms with E-state index in [1.807, 2.05) is 0 Å². The van der Waals surface area contributed by atoms with Gasteiger partial charge >= 0.3 is 5.97 Å². The number of nitro benzene ring substituents is 1. The first kappa shape index (κ1) is 18.1. The van der Waals surface area contributed by atoms with Crippen LogP contribution in [0.1, 0.15) is 15.9 Å². The molecule has 0 aromatic heterocycles. The Morgan fingerprint density at radius 3 is 2.41 bits per heavy atom. The molecule has 0 amide bonds. The number of ether oxygens (including phenoxy) is 2. The van der Waals surface area contributed by atoms with Crippen molar-refractivity contribution < 1.29 is 23.6 Å². The predicted octanol–water partition coefficient (Wildman–Crippen LogP) is 4.88. The van der Waals surface area contributed by atoms with E-state index >= 15 is 0 Å². The van der Waals surface area contributed by atoms with Crippen molar-refractivity contribution in [2.45, 2.75) is 6.61 Å². The van der Waals surface area contributed by atoms with Crippen molar-refractivity contribution in [3.63, 3.8) is 0 Å². The quantitative estimate of drug-likeness (QED) is 0.352. The van der Waals surface area contributed by atoms with Gasteiger partial charge in [-0.2, -0.15) is 0 Å². The number of carbonyl (C=O) groups is 1. The van der Waals surface area contributed by atoms with E-state index in [0.29, 0.717) is 17.1 Å². The molecule has 3 rings (SSSR count). The molecule has 0 bridgehead atoms. The molecule has 0 saturated heterocycles. The number of halogens is 1. The minimum Gasteiger partial charge on any atom is -0.457 e. The fourth-order valence-corrected chi connectivity index (χ4v) is 2.32. The number of nitro groups is 1. The zero-order valence-corrected chi connectivity index (χ0v) is 14.0. The minimum absolute atomic E-state index is 0.0444. The number of hydrogen-bond donors (Lipinski definition) is 0. The van der Waals surface area contributed by atoms with Gasteiger partial charge in [-0.1, -0.05) is 18.2 Å². The first-order chi connectivity index (χ1) is 13.0. The van der Waals surface area contributed by atoms with Gasteiger partial charge in [-0.15, -0.1) is 0 Å². The van der Waals surface area contributed by atoms with Crippen molar-refractivity contribution in [1.82, 2.24) is 0 Å². The second kappa shape index (κ2) is 8.09. The van der Waals surface area contributed by atoms with E-state index in [1.54, 1.807) is 24.3 Å². The number of rotatable bonds is 6. The molecule has 0 saturated carbocycles. The number of nitrogens with zero attached hydrogens (tertiary/aromatic N) is 1. The van der Waals surface area contributed by atoms with Crippen LogP contribution in [0, 0.1) is 15.9 Å². The summed E-state index contributed by atoms with van der Waals surface area (Å²) >= 11 is 0. The summed E-state index contributed by atoms with van der Waals surface area (Å²) in [5.74, 6) is -0.203. The van der Waals surface area contributed by atoms with Gasteiger partial charge in [0.1, 0.15) is 23.9 Å². The third kappa shape index (κ3) is 4.88. The van der Waals surface area contributed by atoms with Crippen LogP contribution < -0.4 is 4.74 Å². The van der Waals surface area contributed by atoms with Crippen molar-refractivity contribution in [2.24, 2.45) is 0 Å². The van der Waals surface area contributed by atoms with Gasteiger partial charge in [0.2, 0.25) is 0 Å². The maximum atomic E-state index is 13.1. The van der Waals surface area contributed by atoms with Gasteiger partial charge < -0.3 is 9.47 Å². The Balaban J connectivity index is 1.65. The lowest BCUT2D eigenvalue weighted by Crippen LogP contribution is -2.05. The van der Waals surface area contributed by atoms with Crippen molar-refractivity contribution in [1.29, 1.82) is 0 Å². The average Bonchev–Trinajstić information content (AvgIpc) is 2.67. The predicted molar refractivity (Wildman–Crippen MR) is 95.1 cm³/mol. The van der Waals surface area contributed by atoms with E-state index in [4.69, 9.17) is 9.47 Å². The van der Waals surface area contributed by atoms with Crippen LogP contribution in [-0.2, 0) is 11.3 Å². The summed E-state index contributed by atoms with van der Waals surface area (Å²) in [5, 5.41) is 10.7. The third-order valence-corrected chi connectivity index (χ3v) is 3.61. The van der Waals surface area contributed by atoms with E-state index in [2.05, 4.69) is 0 Å². The molecule has 0 unspecified atom stereocenters. The Kier molecular flexibility index (Phi) is 5.41. The maximum absolute atomic E-state index is 13.1. The highest BCUT2D eigenvalue weighted by Gasteiger charge is 2.10. The lowest BCUT2D eigenvalue weighted by atomic mass is 10.2. The number of hydrogen-bond acceptors (Lipinski definition) is 5. The molecule has 0 radical (unpaired) electrons. The second-order valence-corrected chi connectivity index (χ2v) is 5.59. The van der Waals surface area contributed by atoms with Crippen molar-refractivity contribution in [3.8, 4) is 11.5 Å². The highest BCUT2D eigenvalue weighted by atomic mass is 19.1. The van der Waals surface area contributed by atoms with Gasteiger partial charge in [-0.05, 0) is 48.0 Å². The third-order valence-electron chi connectivity index (χ3n) is 3.61. The Hall–Kier alpha value is -3.74. The summed E-state index contributed by atoms with van der Waals surface area (Å²) in [4.78, 5) is 22.3. The summed E-state index contributed by atoms with van der Waals surface area (Å²) in [6.45, 7) is -0.0516. The summed E-state index contributed by atoms with van der Waals surface area (Å²) in [7, 11) is 0. The van der Waals surface area contributed by atoms with Gasteiger partial charge in [0.25, 0.3) is 5.69 Å². The highest BCUT2D eigenvalue weighted by molar-refractivity contribution is 5.89. The Morgan fingerprint density at radius 2 is 1.70 bits per heavy atom. The van der Waals surface area contributed by atoms with Gasteiger partial charge in [0.05, 0.1) is 10.5 Å². The number of benzene rings is 3. The molecule has 27 heavy (non-hydrogen) atoms.